The van der Waals surface area contributed by atoms with Gasteiger partial charge in [-0.1, -0.05) is 0 Å². The number of carboxylic acid groups (broad SMARTS) is 1. The Hall–Kier alpha value is -3.04. The highest BCUT2D eigenvalue weighted by Crippen LogP contribution is 2.38. The first kappa shape index (κ1) is 18.7. The van der Waals surface area contributed by atoms with Gasteiger partial charge in [0.2, 0.25) is 0 Å². The van der Waals surface area contributed by atoms with Crippen LogP contribution in [0.5, 0.6) is 5.75 Å². The van der Waals surface area contributed by atoms with Gasteiger partial charge in [-0.25, -0.2) is 0 Å². The standard InChI is InChI=1S/C17H16F3N3O4/c1-27-10-4-2-9(3-5-10)13-6-14(22-21-13)15(24)23-7-11(16(25)26)12(8-23)17(18,19)20/h2-6,11-12H,7-8H2,1H3,(H,21,22)(H,25,26)/t11-,12-/m1/s1. The van der Waals surface area contributed by atoms with Crippen molar-refractivity contribution in [1.29, 1.82) is 0 Å². The number of aliphatic carboxylic acids is 1. The lowest BCUT2D eigenvalue weighted by Gasteiger charge is -2.18. The molecule has 1 fully saturated rings. The summed E-state index contributed by atoms with van der Waals surface area (Å²) in [7, 11) is 1.52. The summed E-state index contributed by atoms with van der Waals surface area (Å²) in [4.78, 5) is 24.5. The summed E-state index contributed by atoms with van der Waals surface area (Å²) in [6.45, 7) is -1.20. The molecule has 0 aliphatic carbocycles. The molecule has 0 bridgehead atoms. The molecule has 3 rings (SSSR count). The van der Waals surface area contributed by atoms with E-state index in [1.54, 1.807) is 24.3 Å². The third-order valence-electron chi connectivity index (χ3n) is 4.54. The fourth-order valence-corrected chi connectivity index (χ4v) is 3.06. The van der Waals surface area contributed by atoms with Crippen LogP contribution >= 0.6 is 0 Å². The highest BCUT2D eigenvalue weighted by atomic mass is 19.4. The van der Waals surface area contributed by atoms with E-state index in [1.165, 1.54) is 13.2 Å². The van der Waals surface area contributed by atoms with Crippen molar-refractivity contribution >= 4 is 11.9 Å². The van der Waals surface area contributed by atoms with Crippen molar-refractivity contribution in [1.82, 2.24) is 15.1 Å². The van der Waals surface area contributed by atoms with Gasteiger partial charge in [0.05, 0.1) is 24.6 Å². The van der Waals surface area contributed by atoms with Crippen molar-refractivity contribution in [2.75, 3.05) is 20.2 Å². The van der Waals surface area contributed by atoms with Gasteiger partial charge in [0.25, 0.3) is 5.91 Å². The first-order valence-electron chi connectivity index (χ1n) is 7.99. The molecular formula is C17H16F3N3O4. The van der Waals surface area contributed by atoms with E-state index in [0.29, 0.717) is 17.0 Å². The van der Waals surface area contributed by atoms with E-state index in [2.05, 4.69) is 10.2 Å². The van der Waals surface area contributed by atoms with Crippen LogP contribution in [0.2, 0.25) is 0 Å². The fourth-order valence-electron chi connectivity index (χ4n) is 3.06. The number of carbonyl (C=O) groups excluding carboxylic acids is 1. The number of rotatable bonds is 4. The number of carbonyl (C=O) groups is 2. The van der Waals surface area contributed by atoms with E-state index in [4.69, 9.17) is 9.84 Å². The van der Waals surface area contributed by atoms with Gasteiger partial charge in [0.15, 0.2) is 0 Å². The molecule has 0 radical (unpaired) electrons. The van der Waals surface area contributed by atoms with E-state index in [1.807, 2.05) is 0 Å². The zero-order valence-corrected chi connectivity index (χ0v) is 14.2. The first-order chi connectivity index (χ1) is 12.7. The number of amides is 1. The van der Waals surface area contributed by atoms with Crippen LogP contribution in [0.25, 0.3) is 11.3 Å². The Morgan fingerprint density at radius 1 is 1.26 bits per heavy atom. The number of nitrogens with zero attached hydrogens (tertiary/aromatic N) is 2. The van der Waals surface area contributed by atoms with Crippen molar-refractivity contribution in [3.63, 3.8) is 0 Å². The number of halogens is 3. The molecule has 144 valence electrons. The Labute approximate surface area is 151 Å². The number of nitrogens with one attached hydrogen (secondary N) is 1. The zero-order valence-electron chi connectivity index (χ0n) is 14.2. The predicted molar refractivity (Wildman–Crippen MR) is 87.2 cm³/mol. The van der Waals surface area contributed by atoms with Crippen LogP contribution in [-0.4, -0.2) is 58.5 Å². The number of ether oxygens (including phenoxy) is 1. The first-order valence-corrected chi connectivity index (χ1v) is 7.99. The van der Waals surface area contributed by atoms with Gasteiger partial charge in [-0.3, -0.25) is 14.7 Å². The maximum atomic E-state index is 13.1. The normalized spacial score (nSPS) is 19.9. The lowest BCUT2D eigenvalue weighted by Crippen LogP contribution is -2.34. The minimum absolute atomic E-state index is 0.00668. The smallest absolute Gasteiger partial charge is 0.394 e. The molecule has 0 spiro atoms. The second-order valence-corrected chi connectivity index (χ2v) is 6.20. The van der Waals surface area contributed by atoms with Crippen molar-refractivity contribution in [2.24, 2.45) is 11.8 Å². The summed E-state index contributed by atoms with van der Waals surface area (Å²) in [5.41, 5.74) is 1.11. The molecule has 0 saturated carbocycles. The number of aromatic nitrogens is 2. The third-order valence-corrected chi connectivity index (χ3v) is 4.54. The summed E-state index contributed by atoms with van der Waals surface area (Å²) < 4.78 is 44.3. The second-order valence-electron chi connectivity index (χ2n) is 6.20. The Morgan fingerprint density at radius 2 is 1.93 bits per heavy atom. The number of hydrogen-bond acceptors (Lipinski definition) is 4. The zero-order chi connectivity index (χ0) is 19.8. The van der Waals surface area contributed by atoms with Crippen molar-refractivity contribution < 1.29 is 32.6 Å². The van der Waals surface area contributed by atoms with Crippen molar-refractivity contribution in [3.05, 3.63) is 36.0 Å². The van der Waals surface area contributed by atoms with Crippen LogP contribution in [0, 0.1) is 11.8 Å². The maximum Gasteiger partial charge on any atom is 0.394 e. The molecule has 1 saturated heterocycles. The quantitative estimate of drug-likeness (QED) is 0.846. The summed E-state index contributed by atoms with van der Waals surface area (Å²) in [5.74, 6) is -5.43. The Kier molecular flexibility index (Phi) is 4.81. The highest BCUT2D eigenvalue weighted by Gasteiger charge is 2.53. The maximum absolute atomic E-state index is 13.1. The number of carboxylic acids is 1. The number of likely N-dealkylation sites (tertiary alicyclic amines) is 1. The SMILES string of the molecule is COc1ccc(-c2cc(C(=O)N3C[C@@H](C(F)(F)F)[C@H](C(=O)O)C3)[nH]n2)cc1. The monoisotopic (exact) mass is 383 g/mol. The number of aromatic amines is 1. The Bertz CT molecular complexity index is 848. The number of alkyl halides is 3. The van der Waals surface area contributed by atoms with Crippen molar-refractivity contribution in [3.8, 4) is 17.0 Å². The van der Waals surface area contributed by atoms with Crippen LogP contribution < -0.4 is 4.74 Å². The number of hydrogen-bond donors (Lipinski definition) is 2. The molecule has 27 heavy (non-hydrogen) atoms. The molecule has 1 amide bonds. The molecule has 7 nitrogen and oxygen atoms in total. The summed E-state index contributed by atoms with van der Waals surface area (Å²) in [6, 6.07) is 8.27. The molecule has 1 aliphatic heterocycles. The summed E-state index contributed by atoms with van der Waals surface area (Å²) in [5, 5.41) is 15.6. The van der Waals surface area contributed by atoms with E-state index >= 15 is 0 Å². The number of methoxy groups -OCH3 is 1. The van der Waals surface area contributed by atoms with Crippen LogP contribution in [-0.2, 0) is 4.79 Å². The molecule has 2 atom stereocenters. The molecule has 0 unspecified atom stereocenters. The molecule has 2 heterocycles. The van der Waals surface area contributed by atoms with E-state index in [-0.39, 0.29) is 5.69 Å². The fraction of sp³-hybridized carbons (Fsp3) is 0.353. The van der Waals surface area contributed by atoms with Crippen molar-refractivity contribution in [2.45, 2.75) is 6.18 Å². The van der Waals surface area contributed by atoms with E-state index < -0.39 is 43.0 Å². The summed E-state index contributed by atoms with van der Waals surface area (Å²) >= 11 is 0. The second kappa shape index (κ2) is 6.93. The lowest BCUT2D eigenvalue weighted by atomic mass is 9.96. The van der Waals surface area contributed by atoms with Gasteiger partial charge >= 0.3 is 12.1 Å². The molecule has 10 heteroatoms. The Balaban J connectivity index is 1.78. The molecular weight excluding hydrogens is 367 g/mol. The van der Waals surface area contributed by atoms with Gasteiger partial charge in [-0.2, -0.15) is 18.3 Å². The minimum atomic E-state index is -4.69. The average molecular weight is 383 g/mol. The van der Waals surface area contributed by atoms with Gasteiger partial charge in [-0.15, -0.1) is 0 Å². The van der Waals surface area contributed by atoms with Gasteiger partial charge in [-0.05, 0) is 30.3 Å². The highest BCUT2D eigenvalue weighted by molar-refractivity contribution is 5.94. The van der Waals surface area contributed by atoms with Crippen LogP contribution in [0.15, 0.2) is 30.3 Å². The summed E-state index contributed by atoms with van der Waals surface area (Å²) in [6.07, 6.45) is -4.69. The van der Waals surface area contributed by atoms with Crippen LogP contribution in [0.1, 0.15) is 10.5 Å². The van der Waals surface area contributed by atoms with Crippen LogP contribution in [0.3, 0.4) is 0 Å². The Morgan fingerprint density at radius 3 is 2.44 bits per heavy atom. The van der Waals surface area contributed by atoms with Crippen LogP contribution in [0.4, 0.5) is 13.2 Å². The van der Waals surface area contributed by atoms with Gasteiger partial charge in [0.1, 0.15) is 11.4 Å². The van der Waals surface area contributed by atoms with Gasteiger partial charge in [0, 0.05) is 18.7 Å². The topological polar surface area (TPSA) is 95.5 Å². The van der Waals surface area contributed by atoms with E-state index in [0.717, 1.165) is 4.90 Å². The molecule has 1 aromatic carbocycles. The van der Waals surface area contributed by atoms with E-state index in [9.17, 15) is 22.8 Å². The number of H-pyrrole nitrogens is 1. The number of benzene rings is 1. The predicted octanol–water partition coefficient (Wildman–Crippen LogP) is 2.42. The lowest BCUT2D eigenvalue weighted by molar-refractivity contribution is -0.187. The molecule has 1 aromatic heterocycles. The average Bonchev–Trinajstić information content (AvgIpc) is 3.28. The third kappa shape index (κ3) is 3.74. The molecule has 2 N–H and O–H groups in total. The minimum Gasteiger partial charge on any atom is -0.497 e. The molecule has 2 aromatic rings. The largest absolute Gasteiger partial charge is 0.497 e. The molecule has 1 aliphatic rings. The van der Waals surface area contributed by atoms with Gasteiger partial charge < -0.3 is 14.7 Å².